The van der Waals surface area contributed by atoms with Crippen molar-refractivity contribution < 1.29 is 19.1 Å². The number of amides is 2. The molecule has 3 aromatic carbocycles. The fraction of sp³-hybridized carbons (Fsp3) is 0.233. The molecule has 0 bridgehead atoms. The molecule has 2 heterocycles. The van der Waals surface area contributed by atoms with Crippen LogP contribution in [0.2, 0.25) is 0 Å². The third kappa shape index (κ3) is 5.76. The molecule has 5 rings (SSSR count). The second-order valence-corrected chi connectivity index (χ2v) is 10.8. The lowest BCUT2D eigenvalue weighted by atomic mass is 10.1. The van der Waals surface area contributed by atoms with E-state index in [1.165, 1.54) is 18.2 Å². The van der Waals surface area contributed by atoms with Crippen LogP contribution in [-0.4, -0.2) is 41.2 Å². The third-order valence-corrected chi connectivity index (χ3v) is 7.83. The number of methoxy groups -OCH3 is 1. The topological polar surface area (TPSA) is 59.1 Å². The predicted octanol–water partition coefficient (Wildman–Crippen LogP) is 6.31. The van der Waals surface area contributed by atoms with Gasteiger partial charge in [0.15, 0.2) is 15.8 Å². The Morgan fingerprint density at radius 2 is 1.71 bits per heavy atom. The number of anilines is 1. The molecule has 0 N–H and O–H groups in total. The molecule has 2 aliphatic rings. The smallest absolute Gasteiger partial charge is 0.270 e. The number of benzene rings is 3. The number of para-hydroxylation sites is 1. The third-order valence-electron chi connectivity index (χ3n) is 6.53. The normalized spacial score (nSPS) is 16.7. The molecule has 6 nitrogen and oxygen atoms in total. The van der Waals surface area contributed by atoms with E-state index in [-0.39, 0.29) is 11.8 Å². The fourth-order valence-corrected chi connectivity index (χ4v) is 5.80. The molecule has 2 aliphatic heterocycles. The van der Waals surface area contributed by atoms with Gasteiger partial charge in [0.05, 0.1) is 17.7 Å². The van der Waals surface area contributed by atoms with Crippen LogP contribution in [0.1, 0.15) is 40.7 Å². The summed E-state index contributed by atoms with van der Waals surface area (Å²) < 4.78 is 12.1. The lowest BCUT2D eigenvalue weighted by molar-refractivity contribution is -0.113. The molecule has 2 fully saturated rings. The Kier molecular flexibility index (Phi) is 8.10. The van der Waals surface area contributed by atoms with Gasteiger partial charge >= 0.3 is 0 Å². The maximum atomic E-state index is 13.0. The Bertz CT molecular complexity index is 1370. The molecule has 0 unspecified atom stereocenters. The van der Waals surface area contributed by atoms with E-state index < -0.39 is 0 Å². The number of ether oxygens (including phenoxy) is 2. The summed E-state index contributed by atoms with van der Waals surface area (Å²) in [7, 11) is 1.59. The van der Waals surface area contributed by atoms with Crippen LogP contribution in [0.5, 0.6) is 11.5 Å². The first-order chi connectivity index (χ1) is 18.5. The summed E-state index contributed by atoms with van der Waals surface area (Å²) in [5.74, 6) is 1.10. The van der Waals surface area contributed by atoms with Crippen molar-refractivity contribution in [2.75, 3.05) is 25.1 Å². The van der Waals surface area contributed by atoms with E-state index in [0.29, 0.717) is 32.9 Å². The molecule has 3 aromatic rings. The van der Waals surface area contributed by atoms with Crippen molar-refractivity contribution in [2.24, 2.45) is 0 Å². The first-order valence-corrected chi connectivity index (χ1v) is 13.8. The molecule has 0 spiro atoms. The highest BCUT2D eigenvalue weighted by Crippen LogP contribution is 2.37. The molecular weight excluding hydrogens is 516 g/mol. The van der Waals surface area contributed by atoms with Crippen molar-refractivity contribution in [1.82, 2.24) is 4.90 Å². The minimum Gasteiger partial charge on any atom is -0.493 e. The van der Waals surface area contributed by atoms with Gasteiger partial charge in [-0.05, 0) is 72.9 Å². The Labute approximate surface area is 232 Å². The number of hydrogen-bond donors (Lipinski definition) is 0. The van der Waals surface area contributed by atoms with E-state index in [4.69, 9.17) is 21.7 Å². The molecule has 2 saturated heterocycles. The van der Waals surface area contributed by atoms with Crippen LogP contribution >= 0.6 is 24.0 Å². The number of nitrogens with zero attached hydrogens (tertiary/aromatic N) is 2. The SMILES string of the molecule is COc1cc(/C=C2\SC(=S)N(c3ccccc3)C2=O)ccc1OCc1ccc(C(=O)N2CCCCC2)cc1. The number of carbonyl (C=O) groups excluding carboxylic acids is 2. The van der Waals surface area contributed by atoms with Crippen molar-refractivity contribution in [3.8, 4) is 11.5 Å². The Morgan fingerprint density at radius 1 is 0.974 bits per heavy atom. The second kappa shape index (κ2) is 11.8. The van der Waals surface area contributed by atoms with Crippen molar-refractivity contribution in [2.45, 2.75) is 25.9 Å². The molecule has 0 aromatic heterocycles. The molecule has 0 aliphatic carbocycles. The van der Waals surface area contributed by atoms with E-state index in [1.807, 2.05) is 83.8 Å². The summed E-state index contributed by atoms with van der Waals surface area (Å²) in [6.45, 7) is 2.01. The van der Waals surface area contributed by atoms with Gasteiger partial charge in [0.25, 0.3) is 11.8 Å². The molecule has 0 saturated carbocycles. The largest absolute Gasteiger partial charge is 0.493 e. The molecule has 194 valence electrons. The number of hydrogen-bond acceptors (Lipinski definition) is 6. The van der Waals surface area contributed by atoms with Gasteiger partial charge in [-0.15, -0.1) is 0 Å². The summed E-state index contributed by atoms with van der Waals surface area (Å²) in [6.07, 6.45) is 5.15. The maximum absolute atomic E-state index is 13.0. The molecular formula is C30H28N2O4S2. The Balaban J connectivity index is 1.24. The summed E-state index contributed by atoms with van der Waals surface area (Å²) in [5, 5.41) is 0. The quantitative estimate of drug-likeness (QED) is 0.257. The minimum atomic E-state index is -0.146. The lowest BCUT2D eigenvalue weighted by Gasteiger charge is -2.26. The zero-order valence-corrected chi connectivity index (χ0v) is 22.7. The van der Waals surface area contributed by atoms with E-state index in [9.17, 15) is 9.59 Å². The van der Waals surface area contributed by atoms with E-state index in [2.05, 4.69) is 0 Å². The number of likely N-dealkylation sites (tertiary alicyclic amines) is 1. The van der Waals surface area contributed by atoms with Crippen LogP contribution in [0.3, 0.4) is 0 Å². The molecule has 0 radical (unpaired) electrons. The van der Waals surface area contributed by atoms with Crippen molar-refractivity contribution in [3.05, 3.63) is 94.4 Å². The van der Waals surface area contributed by atoms with Gasteiger partial charge < -0.3 is 14.4 Å². The molecule has 0 atom stereocenters. The van der Waals surface area contributed by atoms with Crippen LogP contribution in [0, 0.1) is 0 Å². The van der Waals surface area contributed by atoms with Crippen LogP contribution in [-0.2, 0) is 11.4 Å². The first kappa shape index (κ1) is 26.0. The molecule has 2 amide bonds. The maximum Gasteiger partial charge on any atom is 0.270 e. The van der Waals surface area contributed by atoms with Gasteiger partial charge in [0.1, 0.15) is 6.61 Å². The average Bonchev–Trinajstić information content (AvgIpc) is 3.25. The predicted molar refractivity (Wildman–Crippen MR) is 156 cm³/mol. The van der Waals surface area contributed by atoms with E-state index in [1.54, 1.807) is 12.0 Å². The van der Waals surface area contributed by atoms with Gasteiger partial charge in [0.2, 0.25) is 0 Å². The van der Waals surface area contributed by atoms with Crippen LogP contribution in [0.25, 0.3) is 6.08 Å². The highest BCUT2D eigenvalue weighted by molar-refractivity contribution is 8.27. The van der Waals surface area contributed by atoms with Gasteiger partial charge in [0, 0.05) is 18.7 Å². The van der Waals surface area contributed by atoms with Gasteiger partial charge in [-0.1, -0.05) is 60.4 Å². The highest BCUT2D eigenvalue weighted by Gasteiger charge is 2.33. The highest BCUT2D eigenvalue weighted by atomic mass is 32.2. The Morgan fingerprint density at radius 3 is 2.42 bits per heavy atom. The Hall–Kier alpha value is -3.62. The zero-order chi connectivity index (χ0) is 26.5. The van der Waals surface area contributed by atoms with E-state index in [0.717, 1.165) is 42.7 Å². The zero-order valence-electron chi connectivity index (χ0n) is 21.1. The average molecular weight is 545 g/mol. The van der Waals surface area contributed by atoms with Crippen LogP contribution in [0.4, 0.5) is 5.69 Å². The summed E-state index contributed by atoms with van der Waals surface area (Å²) in [4.78, 5) is 29.8. The van der Waals surface area contributed by atoms with Crippen LogP contribution in [0.15, 0.2) is 77.7 Å². The van der Waals surface area contributed by atoms with Crippen molar-refractivity contribution >= 4 is 51.9 Å². The number of piperidine rings is 1. The number of thioether (sulfide) groups is 1. The number of thiocarbonyl (C=S) groups is 1. The summed E-state index contributed by atoms with van der Waals surface area (Å²) >= 11 is 6.74. The second-order valence-electron chi connectivity index (χ2n) is 9.10. The van der Waals surface area contributed by atoms with Gasteiger partial charge in [-0.25, -0.2) is 0 Å². The van der Waals surface area contributed by atoms with Crippen molar-refractivity contribution in [1.29, 1.82) is 0 Å². The van der Waals surface area contributed by atoms with Gasteiger partial charge in [-0.3, -0.25) is 14.5 Å². The summed E-state index contributed by atoms with van der Waals surface area (Å²) in [6, 6.07) is 22.5. The molecule has 8 heteroatoms. The van der Waals surface area contributed by atoms with Gasteiger partial charge in [-0.2, -0.15) is 0 Å². The van der Waals surface area contributed by atoms with Crippen molar-refractivity contribution in [3.63, 3.8) is 0 Å². The summed E-state index contributed by atoms with van der Waals surface area (Å²) in [5.41, 5.74) is 3.22. The van der Waals surface area contributed by atoms with Crippen LogP contribution < -0.4 is 14.4 Å². The number of carbonyl (C=O) groups is 2. The first-order valence-electron chi connectivity index (χ1n) is 12.6. The lowest BCUT2D eigenvalue weighted by Crippen LogP contribution is -2.35. The number of rotatable bonds is 7. The monoisotopic (exact) mass is 544 g/mol. The molecule has 38 heavy (non-hydrogen) atoms. The fourth-order valence-electron chi connectivity index (χ4n) is 4.50. The van der Waals surface area contributed by atoms with E-state index >= 15 is 0 Å². The standard InChI is InChI=1S/C30H28N2O4S2/c1-35-26-18-22(19-27-29(34)32(30(37)38-27)24-8-4-2-5-9-24)12-15-25(26)36-20-21-10-13-23(14-11-21)28(33)31-16-6-3-7-17-31/h2,4-5,8-15,18-19H,3,6-7,16-17,20H2,1H3/b27-19-. The minimum absolute atomic E-state index is 0.0927.